The minimum absolute atomic E-state index is 0.00524. The molecule has 2 aromatic rings. The van der Waals surface area contributed by atoms with E-state index in [0.29, 0.717) is 11.3 Å². The molecule has 0 aliphatic heterocycles. The molecule has 0 amide bonds. The molecule has 0 aliphatic carbocycles. The molecule has 22 heavy (non-hydrogen) atoms. The molecule has 2 rings (SSSR count). The molecule has 0 saturated heterocycles. The Morgan fingerprint density at radius 2 is 2.18 bits per heavy atom. The third-order valence-electron chi connectivity index (χ3n) is 3.53. The maximum Gasteiger partial charge on any atom is 0.224 e. The molecule has 0 spiro atoms. The van der Waals surface area contributed by atoms with Crippen LogP contribution in [0.3, 0.4) is 0 Å². The number of imidazole rings is 1. The molecular formula is C12H20N6O4. The van der Waals surface area contributed by atoms with Crippen LogP contribution in [-0.2, 0) is 10.5 Å². The predicted octanol–water partition coefficient (Wildman–Crippen LogP) is -1.52. The predicted molar refractivity (Wildman–Crippen MR) is 79.0 cm³/mol. The van der Waals surface area contributed by atoms with E-state index in [1.54, 1.807) is 7.05 Å². The number of nitrogen functional groups attached to an aromatic ring is 1. The molecule has 2 heterocycles. The number of hydrogen-bond acceptors (Lipinski definition) is 9. The maximum absolute atomic E-state index is 10.7. The van der Waals surface area contributed by atoms with Gasteiger partial charge < -0.3 is 31.1 Å². The highest BCUT2D eigenvalue weighted by molar-refractivity contribution is 5.84. The van der Waals surface area contributed by atoms with Crippen LogP contribution < -0.4 is 11.1 Å². The second-order valence-electron chi connectivity index (χ2n) is 4.96. The van der Waals surface area contributed by atoms with Crippen molar-refractivity contribution in [3.63, 3.8) is 0 Å². The van der Waals surface area contributed by atoms with E-state index in [1.807, 2.05) is 0 Å². The lowest BCUT2D eigenvalue weighted by Gasteiger charge is -2.34. The van der Waals surface area contributed by atoms with Gasteiger partial charge in [-0.1, -0.05) is 0 Å². The number of aliphatic hydroxyl groups is 3. The standard InChI is InChI=1S/C12H20N6O4/c1-12(21,8(20)6(4-19)22-3)18-5-15-7-9(14-2)16-11(13)17-10(7)18/h5-6,8,19-21H,4H2,1-3H3,(H3,13,14,16,17)/t6?,8-,12-/m1/s1. The summed E-state index contributed by atoms with van der Waals surface area (Å²) in [7, 11) is 2.98. The summed E-state index contributed by atoms with van der Waals surface area (Å²) in [5.74, 6) is 0.395. The van der Waals surface area contributed by atoms with Crippen molar-refractivity contribution in [3.8, 4) is 0 Å². The summed E-state index contributed by atoms with van der Waals surface area (Å²) < 4.78 is 6.22. The number of nitrogens with one attached hydrogen (secondary N) is 1. The van der Waals surface area contributed by atoms with Gasteiger partial charge in [0.2, 0.25) is 5.95 Å². The molecule has 0 fully saturated rings. The molecular weight excluding hydrogens is 292 g/mol. The van der Waals surface area contributed by atoms with E-state index >= 15 is 0 Å². The smallest absolute Gasteiger partial charge is 0.224 e. The fraction of sp³-hybridized carbons (Fsp3) is 0.583. The lowest BCUT2D eigenvalue weighted by Crippen LogP contribution is -2.50. The van der Waals surface area contributed by atoms with Crippen molar-refractivity contribution in [2.75, 3.05) is 31.8 Å². The van der Waals surface area contributed by atoms with Crippen molar-refractivity contribution >= 4 is 22.9 Å². The average molecular weight is 312 g/mol. The van der Waals surface area contributed by atoms with Gasteiger partial charge in [0.25, 0.3) is 0 Å². The Kier molecular flexibility index (Phi) is 4.47. The van der Waals surface area contributed by atoms with Crippen LogP contribution in [0.25, 0.3) is 11.2 Å². The molecule has 0 aromatic carbocycles. The van der Waals surface area contributed by atoms with Crippen LogP contribution in [0.2, 0.25) is 0 Å². The van der Waals surface area contributed by atoms with Gasteiger partial charge in [0.15, 0.2) is 22.7 Å². The van der Waals surface area contributed by atoms with Gasteiger partial charge in [-0.2, -0.15) is 9.97 Å². The first-order valence-corrected chi connectivity index (χ1v) is 6.59. The van der Waals surface area contributed by atoms with Crippen LogP contribution in [0.4, 0.5) is 11.8 Å². The lowest BCUT2D eigenvalue weighted by molar-refractivity contribution is -0.174. The average Bonchev–Trinajstić information content (AvgIpc) is 2.91. The number of nitrogens with zero attached hydrogens (tertiary/aromatic N) is 4. The number of aromatic nitrogens is 4. The Morgan fingerprint density at radius 1 is 1.50 bits per heavy atom. The third kappa shape index (κ3) is 2.57. The molecule has 1 unspecified atom stereocenters. The second kappa shape index (κ2) is 6.01. The fourth-order valence-corrected chi connectivity index (χ4v) is 2.22. The van der Waals surface area contributed by atoms with E-state index in [0.717, 1.165) is 0 Å². The third-order valence-corrected chi connectivity index (χ3v) is 3.53. The van der Waals surface area contributed by atoms with Crippen LogP contribution in [0.5, 0.6) is 0 Å². The second-order valence-corrected chi connectivity index (χ2v) is 4.96. The van der Waals surface area contributed by atoms with Gasteiger partial charge in [-0.15, -0.1) is 0 Å². The number of anilines is 2. The minimum atomic E-state index is -1.83. The van der Waals surface area contributed by atoms with Gasteiger partial charge in [-0.25, -0.2) is 4.98 Å². The molecule has 0 aliphatic rings. The van der Waals surface area contributed by atoms with Gasteiger partial charge in [0.1, 0.15) is 12.2 Å². The van der Waals surface area contributed by atoms with E-state index in [9.17, 15) is 15.3 Å². The summed E-state index contributed by atoms with van der Waals surface area (Å²) in [5.41, 5.74) is 4.45. The van der Waals surface area contributed by atoms with Crippen molar-refractivity contribution in [2.24, 2.45) is 0 Å². The molecule has 10 nitrogen and oxygen atoms in total. The van der Waals surface area contributed by atoms with Gasteiger partial charge >= 0.3 is 0 Å². The number of rotatable bonds is 6. The number of ether oxygens (including phenoxy) is 1. The highest BCUT2D eigenvalue weighted by atomic mass is 16.5. The van der Waals surface area contributed by atoms with Crippen molar-refractivity contribution in [2.45, 2.75) is 24.9 Å². The van der Waals surface area contributed by atoms with Crippen LogP contribution in [0.1, 0.15) is 6.92 Å². The summed E-state index contributed by atoms with van der Waals surface area (Å²) in [6, 6.07) is 0. The first-order valence-electron chi connectivity index (χ1n) is 6.59. The Balaban J connectivity index is 2.56. The van der Waals surface area contributed by atoms with Crippen LogP contribution in [-0.4, -0.2) is 67.8 Å². The zero-order valence-electron chi connectivity index (χ0n) is 12.6. The number of nitrogens with two attached hydrogens (primary N) is 1. The van der Waals surface area contributed by atoms with E-state index < -0.39 is 24.5 Å². The summed E-state index contributed by atoms with van der Waals surface area (Å²) in [6.45, 7) is 0.900. The van der Waals surface area contributed by atoms with Crippen molar-refractivity contribution < 1.29 is 20.1 Å². The SMILES string of the molecule is CNc1nc(N)nc2c1ncn2[C@](C)(O)[C@H](O)C(CO)OC. The Bertz CT molecular complexity index is 654. The first kappa shape index (κ1) is 16.4. The fourth-order valence-electron chi connectivity index (χ4n) is 2.22. The molecule has 3 atom stereocenters. The highest BCUT2D eigenvalue weighted by Gasteiger charge is 2.39. The molecule has 122 valence electrons. The van der Waals surface area contributed by atoms with Gasteiger partial charge in [0, 0.05) is 14.2 Å². The maximum atomic E-state index is 10.7. The Hall–Kier alpha value is -2.01. The summed E-state index contributed by atoms with van der Waals surface area (Å²) in [6.07, 6.45) is -1.09. The number of aliphatic hydroxyl groups excluding tert-OH is 2. The molecule has 0 saturated carbocycles. The highest BCUT2D eigenvalue weighted by Crippen LogP contribution is 2.27. The summed E-state index contributed by atoms with van der Waals surface area (Å²) >= 11 is 0. The summed E-state index contributed by atoms with van der Waals surface area (Å²) in [5, 5.41) is 33.0. The van der Waals surface area contributed by atoms with E-state index in [-0.39, 0.29) is 11.6 Å². The molecule has 0 radical (unpaired) electrons. The van der Waals surface area contributed by atoms with E-state index in [4.69, 9.17) is 10.5 Å². The van der Waals surface area contributed by atoms with Gasteiger partial charge in [0.05, 0.1) is 12.9 Å². The zero-order chi connectivity index (χ0) is 16.5. The van der Waals surface area contributed by atoms with E-state index in [2.05, 4.69) is 20.3 Å². The zero-order valence-corrected chi connectivity index (χ0v) is 12.6. The minimum Gasteiger partial charge on any atom is -0.394 e. The Labute approximate surface area is 126 Å². The normalized spacial score (nSPS) is 17.2. The summed E-state index contributed by atoms with van der Waals surface area (Å²) in [4.78, 5) is 12.2. The van der Waals surface area contributed by atoms with Crippen molar-refractivity contribution in [1.29, 1.82) is 0 Å². The van der Waals surface area contributed by atoms with Crippen molar-refractivity contribution in [3.05, 3.63) is 6.33 Å². The van der Waals surface area contributed by atoms with Gasteiger partial charge in [-0.05, 0) is 6.92 Å². The Morgan fingerprint density at radius 3 is 2.73 bits per heavy atom. The molecule has 6 N–H and O–H groups in total. The topological polar surface area (TPSA) is 152 Å². The molecule has 0 bridgehead atoms. The van der Waals surface area contributed by atoms with E-state index in [1.165, 1.54) is 24.9 Å². The van der Waals surface area contributed by atoms with Crippen LogP contribution in [0, 0.1) is 0 Å². The first-order chi connectivity index (χ1) is 10.4. The van der Waals surface area contributed by atoms with Crippen molar-refractivity contribution in [1.82, 2.24) is 19.5 Å². The number of fused-ring (bicyclic) bond motifs is 1. The number of methoxy groups -OCH3 is 1. The van der Waals surface area contributed by atoms with Crippen LogP contribution >= 0.6 is 0 Å². The van der Waals surface area contributed by atoms with Gasteiger partial charge in [-0.3, -0.25) is 4.57 Å². The quantitative estimate of drug-likeness (QED) is 0.428. The van der Waals surface area contributed by atoms with Crippen LogP contribution in [0.15, 0.2) is 6.33 Å². The monoisotopic (exact) mass is 312 g/mol. The largest absolute Gasteiger partial charge is 0.394 e. The number of hydrogen-bond donors (Lipinski definition) is 5. The lowest BCUT2D eigenvalue weighted by atomic mass is 10.0. The molecule has 2 aromatic heterocycles. The molecule has 10 heteroatoms.